The van der Waals surface area contributed by atoms with Crippen LogP contribution >= 0.6 is 0 Å². The lowest BCUT2D eigenvalue weighted by atomic mass is 10.0. The minimum atomic E-state index is -0.575. The van der Waals surface area contributed by atoms with Crippen LogP contribution < -0.4 is 0 Å². The molecule has 0 spiro atoms. The van der Waals surface area contributed by atoms with Crippen molar-refractivity contribution in [3.05, 3.63) is 47.5 Å². The van der Waals surface area contributed by atoms with Gasteiger partial charge in [-0.25, -0.2) is 4.39 Å². The fraction of sp³-hybridized carbons (Fsp3) is 0.176. The van der Waals surface area contributed by atoms with Gasteiger partial charge in [-0.2, -0.15) is 5.10 Å². The molecule has 2 heterocycles. The minimum absolute atomic E-state index is 0.152. The number of nitrogens with zero attached hydrogens (tertiary/aromatic N) is 4. The van der Waals surface area contributed by atoms with Gasteiger partial charge in [-0.3, -0.25) is 4.68 Å². The maximum absolute atomic E-state index is 14.4. The van der Waals surface area contributed by atoms with Gasteiger partial charge in [0.1, 0.15) is 17.3 Å². The summed E-state index contributed by atoms with van der Waals surface area (Å²) in [6, 6.07) is 5.88. The van der Waals surface area contributed by atoms with Crippen molar-refractivity contribution in [3.63, 3.8) is 0 Å². The Morgan fingerprint density at radius 2 is 2.00 bits per heavy atom. The minimum Gasteiger partial charge on any atom is -0.508 e. The second-order valence-corrected chi connectivity index (χ2v) is 5.60. The molecular formula is C17H17FN4O2. The SMILES string of the molecule is Cc1ccn(C)c1-c1c(-c2ccc(O)cc2F)nn(C)c1C=NO. The number of oxime groups is 1. The van der Waals surface area contributed by atoms with Crippen LogP contribution in [0, 0.1) is 12.7 Å². The summed E-state index contributed by atoms with van der Waals surface area (Å²) in [7, 11) is 3.58. The highest BCUT2D eigenvalue weighted by Crippen LogP contribution is 2.37. The van der Waals surface area contributed by atoms with Crippen molar-refractivity contribution < 1.29 is 14.7 Å². The van der Waals surface area contributed by atoms with Crippen molar-refractivity contribution >= 4 is 6.21 Å². The van der Waals surface area contributed by atoms with E-state index >= 15 is 0 Å². The van der Waals surface area contributed by atoms with Crippen molar-refractivity contribution in [2.75, 3.05) is 0 Å². The molecule has 7 heteroatoms. The molecule has 0 bridgehead atoms. The predicted molar refractivity (Wildman–Crippen MR) is 88.8 cm³/mol. The molecular weight excluding hydrogens is 311 g/mol. The molecule has 2 aromatic heterocycles. The molecule has 0 aliphatic carbocycles. The molecule has 1 aromatic carbocycles. The van der Waals surface area contributed by atoms with E-state index in [1.165, 1.54) is 23.0 Å². The number of halogens is 1. The third-order valence-electron chi connectivity index (χ3n) is 3.99. The van der Waals surface area contributed by atoms with Crippen molar-refractivity contribution in [2.24, 2.45) is 19.3 Å². The Hall–Kier alpha value is -3.09. The standard InChI is InChI=1S/C17H17FN4O2/c1-10-6-7-21(2)17(10)15-14(9-19-24)22(3)20-16(15)12-5-4-11(23)8-13(12)18/h4-9,23-24H,1-3H3. The summed E-state index contributed by atoms with van der Waals surface area (Å²) >= 11 is 0. The highest BCUT2D eigenvalue weighted by molar-refractivity contribution is 5.95. The number of aryl methyl sites for hydroxylation is 3. The molecule has 24 heavy (non-hydrogen) atoms. The number of phenolic OH excluding ortho intramolecular Hbond substituents is 1. The van der Waals surface area contributed by atoms with E-state index in [1.54, 1.807) is 7.05 Å². The van der Waals surface area contributed by atoms with Crippen LogP contribution in [0.25, 0.3) is 22.5 Å². The van der Waals surface area contributed by atoms with Crippen molar-refractivity contribution in [1.82, 2.24) is 14.3 Å². The number of hydrogen-bond acceptors (Lipinski definition) is 4. The topological polar surface area (TPSA) is 75.6 Å². The van der Waals surface area contributed by atoms with Crippen LogP contribution in [0.3, 0.4) is 0 Å². The zero-order valence-corrected chi connectivity index (χ0v) is 13.5. The molecule has 0 aliphatic heterocycles. The summed E-state index contributed by atoms with van der Waals surface area (Å²) < 4.78 is 17.8. The third-order valence-corrected chi connectivity index (χ3v) is 3.99. The molecule has 0 saturated carbocycles. The van der Waals surface area contributed by atoms with Crippen molar-refractivity contribution in [2.45, 2.75) is 6.92 Å². The number of hydrogen-bond donors (Lipinski definition) is 2. The van der Waals surface area contributed by atoms with Gasteiger partial charge in [-0.05, 0) is 30.7 Å². The van der Waals surface area contributed by atoms with Gasteiger partial charge in [0.05, 0.1) is 23.2 Å². The number of rotatable bonds is 3. The van der Waals surface area contributed by atoms with Gasteiger partial charge in [-0.1, -0.05) is 5.16 Å². The van der Waals surface area contributed by atoms with Gasteiger partial charge in [-0.15, -0.1) is 0 Å². The summed E-state index contributed by atoms with van der Waals surface area (Å²) in [5.41, 5.74) is 3.71. The van der Waals surface area contributed by atoms with Gasteiger partial charge in [0, 0.05) is 31.9 Å². The lowest BCUT2D eigenvalue weighted by Crippen LogP contribution is -2.00. The average molecular weight is 328 g/mol. The van der Waals surface area contributed by atoms with Crippen LogP contribution in [0.4, 0.5) is 4.39 Å². The molecule has 0 fully saturated rings. The summed E-state index contributed by atoms with van der Waals surface area (Å²) in [5, 5.41) is 26.0. The maximum Gasteiger partial charge on any atom is 0.136 e. The van der Waals surface area contributed by atoms with Gasteiger partial charge >= 0.3 is 0 Å². The summed E-state index contributed by atoms with van der Waals surface area (Å²) in [4.78, 5) is 0. The largest absolute Gasteiger partial charge is 0.508 e. The second-order valence-electron chi connectivity index (χ2n) is 5.60. The van der Waals surface area contributed by atoms with Crippen LogP contribution in [0.1, 0.15) is 11.3 Å². The Kier molecular flexibility index (Phi) is 3.84. The van der Waals surface area contributed by atoms with E-state index in [2.05, 4.69) is 10.3 Å². The van der Waals surface area contributed by atoms with Gasteiger partial charge in [0.25, 0.3) is 0 Å². The predicted octanol–water partition coefficient (Wildman–Crippen LogP) is 3.05. The van der Waals surface area contributed by atoms with Gasteiger partial charge < -0.3 is 14.9 Å². The monoisotopic (exact) mass is 328 g/mol. The second kappa shape index (κ2) is 5.84. The van der Waals surface area contributed by atoms with Crippen LogP contribution in [0.15, 0.2) is 35.6 Å². The first-order valence-electron chi connectivity index (χ1n) is 7.29. The fourth-order valence-electron chi connectivity index (χ4n) is 2.89. The molecule has 0 unspecified atom stereocenters. The molecule has 6 nitrogen and oxygen atoms in total. The molecule has 0 radical (unpaired) electrons. The molecule has 0 atom stereocenters. The normalized spacial score (nSPS) is 11.5. The molecule has 2 N–H and O–H groups in total. The molecule has 3 aromatic rings. The van der Waals surface area contributed by atoms with Crippen LogP contribution in [-0.2, 0) is 14.1 Å². The fourth-order valence-corrected chi connectivity index (χ4v) is 2.89. The Bertz CT molecular complexity index is 921. The Morgan fingerprint density at radius 3 is 2.58 bits per heavy atom. The lowest BCUT2D eigenvalue weighted by molar-refractivity contribution is 0.321. The average Bonchev–Trinajstić information content (AvgIpc) is 3.00. The molecule has 0 saturated heterocycles. The molecule has 124 valence electrons. The highest BCUT2D eigenvalue weighted by atomic mass is 19.1. The van der Waals surface area contributed by atoms with E-state index in [4.69, 9.17) is 5.21 Å². The molecule has 0 amide bonds. The number of aromatic nitrogens is 3. The zero-order chi connectivity index (χ0) is 17.4. The van der Waals surface area contributed by atoms with Gasteiger partial charge in [0.15, 0.2) is 0 Å². The third kappa shape index (κ3) is 2.44. The zero-order valence-electron chi connectivity index (χ0n) is 13.5. The van der Waals surface area contributed by atoms with Crippen molar-refractivity contribution in [1.29, 1.82) is 0 Å². The van der Waals surface area contributed by atoms with E-state index in [1.807, 2.05) is 30.8 Å². The summed E-state index contributed by atoms with van der Waals surface area (Å²) in [5.74, 6) is -0.727. The highest BCUT2D eigenvalue weighted by Gasteiger charge is 2.23. The van der Waals surface area contributed by atoms with Crippen LogP contribution in [-0.4, -0.2) is 30.9 Å². The number of benzene rings is 1. The number of aromatic hydroxyl groups is 1. The van der Waals surface area contributed by atoms with Crippen molar-refractivity contribution in [3.8, 4) is 28.3 Å². The van der Waals surface area contributed by atoms with E-state index in [0.29, 0.717) is 17.0 Å². The maximum atomic E-state index is 14.4. The summed E-state index contributed by atoms with van der Waals surface area (Å²) in [6.07, 6.45) is 3.17. The Morgan fingerprint density at radius 1 is 1.25 bits per heavy atom. The molecule has 3 rings (SSSR count). The Labute approximate surface area is 138 Å². The van der Waals surface area contributed by atoms with Gasteiger partial charge in [0.2, 0.25) is 0 Å². The van der Waals surface area contributed by atoms with E-state index in [-0.39, 0.29) is 11.3 Å². The smallest absolute Gasteiger partial charge is 0.136 e. The van der Waals surface area contributed by atoms with E-state index in [0.717, 1.165) is 17.3 Å². The lowest BCUT2D eigenvalue weighted by Gasteiger charge is -2.09. The van der Waals surface area contributed by atoms with E-state index < -0.39 is 5.82 Å². The first-order chi connectivity index (χ1) is 11.4. The Balaban J connectivity index is 2.37. The number of phenols is 1. The van der Waals surface area contributed by atoms with E-state index in [9.17, 15) is 9.50 Å². The quantitative estimate of drug-likeness (QED) is 0.441. The van der Waals surface area contributed by atoms with Crippen LogP contribution in [0.2, 0.25) is 0 Å². The first-order valence-corrected chi connectivity index (χ1v) is 7.29. The first kappa shape index (κ1) is 15.8. The molecule has 0 aliphatic rings. The van der Waals surface area contributed by atoms with Crippen LogP contribution in [0.5, 0.6) is 5.75 Å². The summed E-state index contributed by atoms with van der Waals surface area (Å²) in [6.45, 7) is 1.94.